The second-order valence-corrected chi connectivity index (χ2v) is 8.18. The molecule has 0 radical (unpaired) electrons. The molecule has 30 heavy (non-hydrogen) atoms. The van der Waals surface area contributed by atoms with Gasteiger partial charge in [0.1, 0.15) is 0 Å². The molecule has 0 bridgehead atoms. The number of carbonyl (C=O) groups excluding carboxylic acids is 2. The lowest BCUT2D eigenvalue weighted by atomic mass is 9.77. The van der Waals surface area contributed by atoms with Gasteiger partial charge in [-0.05, 0) is 42.7 Å². The molecule has 1 heterocycles. The van der Waals surface area contributed by atoms with Crippen LogP contribution in [-0.2, 0) is 20.8 Å². The van der Waals surface area contributed by atoms with E-state index in [0.29, 0.717) is 30.1 Å². The fourth-order valence-corrected chi connectivity index (χ4v) is 4.79. The van der Waals surface area contributed by atoms with Crippen molar-refractivity contribution in [1.29, 1.82) is 0 Å². The molecule has 0 N–H and O–H groups in total. The predicted molar refractivity (Wildman–Crippen MR) is 114 cm³/mol. The average Bonchev–Trinajstić information content (AvgIpc) is 2.76. The van der Waals surface area contributed by atoms with E-state index in [1.165, 1.54) is 4.90 Å². The van der Waals surface area contributed by atoms with E-state index in [2.05, 4.69) is 0 Å². The number of halogens is 1. The van der Waals surface area contributed by atoms with Crippen LogP contribution in [0.25, 0.3) is 0 Å². The van der Waals surface area contributed by atoms with Crippen LogP contribution in [0.15, 0.2) is 54.6 Å². The second kappa shape index (κ2) is 8.76. The Bertz CT molecular complexity index is 922. The standard InChI is InChI=1S/C23H25ClN2O4/c1-29-20-12-18-19(13-21(20)30-2)25(14-15-7-6-8-16(24)11-15)23(28)26(22(18)27)17-9-4-3-5-10-17/h3-11,18-21H,12-14H2,1-2H3. The highest BCUT2D eigenvalue weighted by Crippen LogP contribution is 2.39. The van der Waals surface area contributed by atoms with Crippen molar-refractivity contribution in [1.82, 2.24) is 4.90 Å². The smallest absolute Gasteiger partial charge is 0.331 e. The minimum Gasteiger partial charge on any atom is -0.379 e. The van der Waals surface area contributed by atoms with Crippen LogP contribution in [-0.4, -0.2) is 49.3 Å². The number of hydrogen-bond donors (Lipinski definition) is 0. The molecule has 4 rings (SSSR count). The van der Waals surface area contributed by atoms with Crippen LogP contribution in [0.2, 0.25) is 5.02 Å². The molecule has 1 aliphatic carbocycles. The molecule has 0 spiro atoms. The summed E-state index contributed by atoms with van der Waals surface area (Å²) >= 11 is 6.16. The molecule has 6 nitrogen and oxygen atoms in total. The molecule has 1 saturated heterocycles. The number of methoxy groups -OCH3 is 2. The zero-order chi connectivity index (χ0) is 21.3. The van der Waals surface area contributed by atoms with Crippen molar-refractivity contribution < 1.29 is 19.1 Å². The summed E-state index contributed by atoms with van der Waals surface area (Å²) in [6.07, 6.45) is 0.669. The van der Waals surface area contributed by atoms with Gasteiger partial charge in [-0.1, -0.05) is 41.9 Å². The van der Waals surface area contributed by atoms with E-state index in [9.17, 15) is 9.59 Å². The maximum Gasteiger partial charge on any atom is 0.331 e. The van der Waals surface area contributed by atoms with E-state index in [0.717, 1.165) is 5.56 Å². The molecule has 2 aromatic rings. The van der Waals surface area contributed by atoms with Crippen LogP contribution in [0.5, 0.6) is 0 Å². The number of imide groups is 1. The fraction of sp³-hybridized carbons (Fsp3) is 0.391. The summed E-state index contributed by atoms with van der Waals surface area (Å²) in [6, 6.07) is 15.9. The summed E-state index contributed by atoms with van der Waals surface area (Å²) in [5.74, 6) is -0.548. The van der Waals surface area contributed by atoms with E-state index in [4.69, 9.17) is 21.1 Å². The zero-order valence-electron chi connectivity index (χ0n) is 17.0. The molecular formula is C23H25ClN2O4. The van der Waals surface area contributed by atoms with Gasteiger partial charge in [-0.25, -0.2) is 9.69 Å². The number of nitrogens with zero attached hydrogens (tertiary/aromatic N) is 2. The number of anilines is 1. The predicted octanol–water partition coefficient (Wildman–Crippen LogP) is 4.12. The van der Waals surface area contributed by atoms with Crippen LogP contribution in [0, 0.1) is 5.92 Å². The third-order valence-corrected chi connectivity index (χ3v) is 6.31. The van der Waals surface area contributed by atoms with Crippen LogP contribution >= 0.6 is 11.6 Å². The van der Waals surface area contributed by atoms with Crippen LogP contribution in [0.4, 0.5) is 10.5 Å². The summed E-state index contributed by atoms with van der Waals surface area (Å²) < 4.78 is 11.2. The Balaban J connectivity index is 1.73. The Morgan fingerprint density at radius 1 is 0.967 bits per heavy atom. The number of benzene rings is 2. The molecule has 0 aromatic heterocycles. The Hall–Kier alpha value is -2.41. The van der Waals surface area contributed by atoms with Crippen molar-refractivity contribution in [3.8, 4) is 0 Å². The van der Waals surface area contributed by atoms with Crippen molar-refractivity contribution in [2.24, 2.45) is 5.92 Å². The highest BCUT2D eigenvalue weighted by Gasteiger charge is 2.52. The van der Waals surface area contributed by atoms with Crippen LogP contribution < -0.4 is 4.90 Å². The Labute approximate surface area is 181 Å². The number of amides is 3. The fourth-order valence-electron chi connectivity index (χ4n) is 4.58. The van der Waals surface area contributed by atoms with Gasteiger partial charge in [0.15, 0.2) is 0 Å². The molecule has 158 valence electrons. The topological polar surface area (TPSA) is 59.1 Å². The van der Waals surface area contributed by atoms with Gasteiger partial charge in [-0.15, -0.1) is 0 Å². The summed E-state index contributed by atoms with van der Waals surface area (Å²) in [7, 11) is 3.27. The highest BCUT2D eigenvalue weighted by atomic mass is 35.5. The summed E-state index contributed by atoms with van der Waals surface area (Å²) in [5.41, 5.74) is 1.49. The third-order valence-electron chi connectivity index (χ3n) is 6.08. The monoisotopic (exact) mass is 428 g/mol. The first-order chi connectivity index (χ1) is 14.5. The van der Waals surface area contributed by atoms with Gasteiger partial charge in [-0.2, -0.15) is 0 Å². The molecule has 1 saturated carbocycles. The first kappa shape index (κ1) is 20.8. The van der Waals surface area contributed by atoms with Crippen molar-refractivity contribution in [3.63, 3.8) is 0 Å². The molecule has 7 heteroatoms. The van der Waals surface area contributed by atoms with Gasteiger partial charge in [0.25, 0.3) is 0 Å². The van der Waals surface area contributed by atoms with Crippen molar-refractivity contribution >= 4 is 29.2 Å². The lowest BCUT2D eigenvalue weighted by Crippen LogP contribution is -2.65. The van der Waals surface area contributed by atoms with Crippen molar-refractivity contribution in [2.75, 3.05) is 19.1 Å². The number of carbonyl (C=O) groups is 2. The number of fused-ring (bicyclic) bond motifs is 1. The second-order valence-electron chi connectivity index (χ2n) is 7.74. The molecular weight excluding hydrogens is 404 g/mol. The number of hydrogen-bond acceptors (Lipinski definition) is 4. The van der Waals surface area contributed by atoms with Crippen LogP contribution in [0.3, 0.4) is 0 Å². The highest BCUT2D eigenvalue weighted by molar-refractivity contribution is 6.30. The summed E-state index contributed by atoms with van der Waals surface area (Å²) in [4.78, 5) is 30.1. The van der Waals surface area contributed by atoms with Gasteiger partial charge < -0.3 is 14.4 Å². The normalized spacial score (nSPS) is 26.6. The van der Waals surface area contributed by atoms with Crippen LogP contribution in [0.1, 0.15) is 18.4 Å². The first-order valence-electron chi connectivity index (χ1n) is 10.0. The largest absolute Gasteiger partial charge is 0.379 e. The van der Waals surface area contributed by atoms with Crippen molar-refractivity contribution in [2.45, 2.75) is 37.6 Å². The van der Waals surface area contributed by atoms with Crippen molar-refractivity contribution in [3.05, 3.63) is 65.2 Å². The molecule has 3 amide bonds. The SMILES string of the molecule is COC1CC2C(=O)N(c3ccccc3)C(=O)N(Cc3cccc(Cl)c3)C2CC1OC. The lowest BCUT2D eigenvalue weighted by Gasteiger charge is -2.49. The Morgan fingerprint density at radius 2 is 1.67 bits per heavy atom. The maximum absolute atomic E-state index is 13.6. The molecule has 4 atom stereocenters. The Morgan fingerprint density at radius 3 is 2.33 bits per heavy atom. The maximum atomic E-state index is 13.6. The van der Waals surface area contributed by atoms with Gasteiger partial charge in [-0.3, -0.25) is 4.79 Å². The third kappa shape index (κ3) is 3.83. The number of para-hydroxylation sites is 1. The van der Waals surface area contributed by atoms with E-state index >= 15 is 0 Å². The zero-order valence-corrected chi connectivity index (χ0v) is 17.8. The summed E-state index contributed by atoms with van der Waals surface area (Å²) in [5, 5.41) is 0.613. The number of urea groups is 1. The summed E-state index contributed by atoms with van der Waals surface area (Å²) in [6.45, 7) is 0.366. The van der Waals surface area contributed by atoms with E-state index in [-0.39, 0.29) is 36.1 Å². The van der Waals surface area contributed by atoms with Gasteiger partial charge >= 0.3 is 6.03 Å². The number of rotatable bonds is 5. The Kier molecular flexibility index (Phi) is 6.09. The molecule has 2 fully saturated rings. The molecule has 1 aliphatic heterocycles. The molecule has 2 aromatic carbocycles. The average molecular weight is 429 g/mol. The quantitative estimate of drug-likeness (QED) is 0.718. The van der Waals surface area contributed by atoms with Gasteiger partial charge in [0.2, 0.25) is 5.91 Å². The van der Waals surface area contributed by atoms with Gasteiger partial charge in [0.05, 0.1) is 23.8 Å². The minimum atomic E-state index is -0.363. The van der Waals surface area contributed by atoms with E-state index < -0.39 is 0 Å². The number of ether oxygens (including phenoxy) is 2. The minimum absolute atomic E-state index is 0.179. The molecule has 2 aliphatic rings. The lowest BCUT2D eigenvalue weighted by molar-refractivity contribution is -0.137. The molecule has 4 unspecified atom stereocenters. The van der Waals surface area contributed by atoms with E-state index in [1.807, 2.05) is 36.4 Å². The van der Waals surface area contributed by atoms with E-state index in [1.54, 1.807) is 37.3 Å². The van der Waals surface area contributed by atoms with Gasteiger partial charge in [0, 0.05) is 31.8 Å². The first-order valence-corrected chi connectivity index (χ1v) is 10.4.